The van der Waals surface area contributed by atoms with Crippen LogP contribution in [0.4, 0.5) is 5.69 Å². The molecular formula is C23H29NO5S. The summed E-state index contributed by atoms with van der Waals surface area (Å²) in [5, 5.41) is 21.3. The van der Waals surface area contributed by atoms with Crippen LogP contribution in [0.3, 0.4) is 0 Å². The first kappa shape index (κ1) is 22.5. The van der Waals surface area contributed by atoms with Crippen molar-refractivity contribution in [2.75, 3.05) is 11.5 Å². The Kier molecular flexibility index (Phi) is 8.01. The van der Waals surface area contributed by atoms with Gasteiger partial charge in [-0.3, -0.25) is 4.79 Å². The summed E-state index contributed by atoms with van der Waals surface area (Å²) in [7, 11) is 0. The van der Waals surface area contributed by atoms with E-state index in [0.717, 1.165) is 36.9 Å². The molecule has 2 N–H and O–H groups in total. The van der Waals surface area contributed by atoms with Crippen LogP contribution >= 0.6 is 11.3 Å². The van der Waals surface area contributed by atoms with Gasteiger partial charge in [0.25, 0.3) is 0 Å². The Hall–Kier alpha value is -2.22. The molecule has 0 aliphatic carbocycles. The zero-order valence-electron chi connectivity index (χ0n) is 17.3. The van der Waals surface area contributed by atoms with E-state index < -0.39 is 12.1 Å². The van der Waals surface area contributed by atoms with Crippen LogP contribution in [0.25, 0.3) is 0 Å². The highest BCUT2D eigenvalue weighted by Gasteiger charge is 2.32. The number of carboxylic acid groups (broad SMARTS) is 1. The van der Waals surface area contributed by atoms with Gasteiger partial charge in [-0.1, -0.05) is 38.3 Å². The highest BCUT2D eigenvalue weighted by Crippen LogP contribution is 2.29. The molecule has 2 aromatic rings. The molecule has 162 valence electrons. The van der Waals surface area contributed by atoms with E-state index in [2.05, 4.69) is 6.92 Å². The van der Waals surface area contributed by atoms with Crippen LogP contribution in [0, 0.1) is 0 Å². The Labute approximate surface area is 181 Å². The van der Waals surface area contributed by atoms with Crippen LogP contribution in [-0.2, 0) is 16.1 Å². The second-order valence-electron chi connectivity index (χ2n) is 7.65. The fraction of sp³-hybridized carbons (Fsp3) is 0.478. The number of carboxylic acids is 1. The summed E-state index contributed by atoms with van der Waals surface area (Å²) in [6, 6.07) is 9.23. The fourth-order valence-corrected chi connectivity index (χ4v) is 4.56. The number of carbonyl (C=O) groups is 2. The second-order valence-corrected chi connectivity index (χ2v) is 8.57. The number of aromatic carboxylic acids is 1. The number of thiophene rings is 1. The molecule has 7 heteroatoms. The average Bonchev–Trinajstić information content (AvgIpc) is 3.35. The Bertz CT molecular complexity index is 848. The van der Waals surface area contributed by atoms with Gasteiger partial charge < -0.3 is 19.8 Å². The van der Waals surface area contributed by atoms with Crippen molar-refractivity contribution in [2.24, 2.45) is 0 Å². The molecule has 3 rings (SSSR count). The number of hydrogen-bond donors (Lipinski definition) is 2. The minimum atomic E-state index is -0.946. The van der Waals surface area contributed by atoms with Crippen molar-refractivity contribution in [1.82, 2.24) is 0 Å². The number of nitrogens with zero attached hydrogens (tertiary/aromatic N) is 1. The Morgan fingerprint density at radius 2 is 2.03 bits per heavy atom. The van der Waals surface area contributed by atoms with Crippen molar-refractivity contribution in [3.05, 3.63) is 51.7 Å². The van der Waals surface area contributed by atoms with E-state index in [0.29, 0.717) is 29.9 Å². The molecule has 1 aromatic carbocycles. The standard InChI is InChI=1S/C23H29NO5S/c1-2-3-4-5-20(25)16-6-8-18(9-7-16)24-19(10-11-21(24)26)15-29-14-17-12-13-30-22(17)23(27)28/h6-9,12-13,19-20,25H,2-5,10-11,14-15H2,1H3,(H,27,28)/t19?,20-/m0/s1. The van der Waals surface area contributed by atoms with Gasteiger partial charge in [-0.2, -0.15) is 0 Å². The largest absolute Gasteiger partial charge is 0.477 e. The molecule has 1 saturated heterocycles. The van der Waals surface area contributed by atoms with Crippen LogP contribution in [0.5, 0.6) is 0 Å². The molecule has 30 heavy (non-hydrogen) atoms. The first-order valence-electron chi connectivity index (χ1n) is 10.5. The zero-order chi connectivity index (χ0) is 21.5. The molecule has 6 nitrogen and oxygen atoms in total. The Morgan fingerprint density at radius 3 is 2.73 bits per heavy atom. The molecule has 2 heterocycles. The zero-order valence-corrected chi connectivity index (χ0v) is 18.1. The number of carbonyl (C=O) groups excluding carboxylic acids is 1. The van der Waals surface area contributed by atoms with E-state index in [4.69, 9.17) is 4.74 Å². The van der Waals surface area contributed by atoms with Gasteiger partial charge in [-0.25, -0.2) is 4.79 Å². The summed E-state index contributed by atoms with van der Waals surface area (Å²) >= 11 is 1.18. The van der Waals surface area contributed by atoms with E-state index in [9.17, 15) is 19.8 Å². The minimum Gasteiger partial charge on any atom is -0.477 e. The normalized spacial score (nSPS) is 17.5. The molecular weight excluding hydrogens is 402 g/mol. The molecule has 0 saturated carbocycles. The lowest BCUT2D eigenvalue weighted by Gasteiger charge is -2.25. The van der Waals surface area contributed by atoms with Crippen molar-refractivity contribution in [3.8, 4) is 0 Å². The summed E-state index contributed by atoms with van der Waals surface area (Å²) in [4.78, 5) is 25.7. The highest BCUT2D eigenvalue weighted by molar-refractivity contribution is 7.12. The molecule has 0 radical (unpaired) electrons. The number of ether oxygens (including phenoxy) is 1. The number of benzene rings is 1. The predicted molar refractivity (Wildman–Crippen MR) is 117 cm³/mol. The lowest BCUT2D eigenvalue weighted by molar-refractivity contribution is -0.117. The van der Waals surface area contributed by atoms with Crippen molar-refractivity contribution in [1.29, 1.82) is 0 Å². The maximum absolute atomic E-state index is 12.5. The molecule has 1 aliphatic heterocycles. The number of hydrogen-bond acceptors (Lipinski definition) is 5. The molecule has 0 bridgehead atoms. The lowest BCUT2D eigenvalue weighted by atomic mass is 10.0. The van der Waals surface area contributed by atoms with E-state index in [1.165, 1.54) is 11.3 Å². The lowest BCUT2D eigenvalue weighted by Crippen LogP contribution is -2.36. The monoisotopic (exact) mass is 431 g/mol. The van der Waals surface area contributed by atoms with E-state index in [1.54, 1.807) is 16.3 Å². The third-order valence-corrected chi connectivity index (χ3v) is 6.42. The van der Waals surface area contributed by atoms with Crippen molar-refractivity contribution < 1.29 is 24.5 Å². The second kappa shape index (κ2) is 10.7. The van der Waals surface area contributed by atoms with Gasteiger partial charge in [0.1, 0.15) is 4.88 Å². The highest BCUT2D eigenvalue weighted by atomic mass is 32.1. The van der Waals surface area contributed by atoms with Crippen LogP contribution in [-0.4, -0.2) is 34.7 Å². The summed E-state index contributed by atoms with van der Waals surface area (Å²) in [5.74, 6) is -0.889. The first-order chi connectivity index (χ1) is 14.5. The third-order valence-electron chi connectivity index (χ3n) is 5.47. The van der Waals surface area contributed by atoms with Crippen molar-refractivity contribution >= 4 is 28.9 Å². The smallest absolute Gasteiger partial charge is 0.346 e. The molecule has 1 aliphatic rings. The molecule has 1 aromatic heterocycles. The van der Waals surface area contributed by atoms with Gasteiger partial charge in [-0.15, -0.1) is 11.3 Å². The molecule has 1 unspecified atom stereocenters. The average molecular weight is 432 g/mol. The Morgan fingerprint density at radius 1 is 1.27 bits per heavy atom. The minimum absolute atomic E-state index is 0.0570. The van der Waals surface area contributed by atoms with Gasteiger partial charge in [0.2, 0.25) is 5.91 Å². The Balaban J connectivity index is 1.59. The summed E-state index contributed by atoms with van der Waals surface area (Å²) in [5.41, 5.74) is 2.33. The molecule has 0 spiro atoms. The third kappa shape index (κ3) is 5.47. The van der Waals surface area contributed by atoms with Gasteiger partial charge >= 0.3 is 5.97 Å². The van der Waals surface area contributed by atoms with Crippen molar-refractivity contribution in [2.45, 2.75) is 64.2 Å². The SMILES string of the molecule is CCCCC[C@H](O)c1ccc(N2C(=O)CCC2COCc2ccsc2C(=O)O)cc1. The van der Waals surface area contributed by atoms with Gasteiger partial charge in [-0.05, 0) is 42.0 Å². The number of anilines is 1. The maximum atomic E-state index is 12.5. The van der Waals surface area contributed by atoms with Crippen LogP contribution in [0.2, 0.25) is 0 Å². The number of aliphatic hydroxyl groups excluding tert-OH is 1. The van der Waals surface area contributed by atoms with E-state index in [-0.39, 0.29) is 18.6 Å². The molecule has 2 atom stereocenters. The van der Waals surface area contributed by atoms with Crippen LogP contribution in [0.15, 0.2) is 35.7 Å². The van der Waals surface area contributed by atoms with Crippen molar-refractivity contribution in [3.63, 3.8) is 0 Å². The number of amides is 1. The first-order valence-corrected chi connectivity index (χ1v) is 11.4. The molecule has 1 amide bonds. The topological polar surface area (TPSA) is 87.1 Å². The molecule has 1 fully saturated rings. The predicted octanol–water partition coefficient (Wildman–Crippen LogP) is 4.77. The van der Waals surface area contributed by atoms with E-state index in [1.807, 2.05) is 24.3 Å². The van der Waals surface area contributed by atoms with Gasteiger partial charge in [0, 0.05) is 17.7 Å². The quantitative estimate of drug-likeness (QED) is 0.500. The number of aliphatic hydroxyl groups is 1. The summed E-state index contributed by atoms with van der Waals surface area (Å²) in [6.07, 6.45) is 4.66. The maximum Gasteiger partial charge on any atom is 0.346 e. The number of unbranched alkanes of at least 4 members (excludes halogenated alkanes) is 2. The summed E-state index contributed by atoms with van der Waals surface area (Å²) < 4.78 is 5.78. The number of rotatable bonds is 11. The van der Waals surface area contributed by atoms with Crippen LogP contribution in [0.1, 0.15) is 72.4 Å². The van der Waals surface area contributed by atoms with Crippen LogP contribution < -0.4 is 4.90 Å². The van der Waals surface area contributed by atoms with E-state index >= 15 is 0 Å². The van der Waals surface area contributed by atoms with Gasteiger partial charge in [0.15, 0.2) is 0 Å². The van der Waals surface area contributed by atoms with Gasteiger partial charge in [0.05, 0.1) is 25.4 Å². The fourth-order valence-electron chi connectivity index (χ4n) is 3.81. The summed E-state index contributed by atoms with van der Waals surface area (Å²) in [6.45, 7) is 2.70.